The molecular formula is C19H16N2O6S. The van der Waals surface area contributed by atoms with Crippen LogP contribution in [0.25, 0.3) is 0 Å². The molecule has 0 bridgehead atoms. The lowest BCUT2D eigenvalue weighted by molar-refractivity contribution is -0.126. The molecule has 144 valence electrons. The van der Waals surface area contributed by atoms with Gasteiger partial charge in [-0.3, -0.25) is 14.5 Å². The van der Waals surface area contributed by atoms with Crippen LogP contribution in [0, 0.1) is 0 Å². The van der Waals surface area contributed by atoms with Gasteiger partial charge in [0.25, 0.3) is 11.1 Å². The number of thioether (sulfide) groups is 1. The number of imide groups is 1. The minimum absolute atomic E-state index is 0.0595. The van der Waals surface area contributed by atoms with Gasteiger partial charge in [0.2, 0.25) is 0 Å². The van der Waals surface area contributed by atoms with Gasteiger partial charge in [-0.15, -0.1) is 0 Å². The first-order valence-corrected chi connectivity index (χ1v) is 9.06. The van der Waals surface area contributed by atoms with Crippen molar-refractivity contribution in [3.05, 3.63) is 65.2 Å². The fourth-order valence-corrected chi connectivity index (χ4v) is 3.49. The summed E-state index contributed by atoms with van der Waals surface area (Å²) < 4.78 is 4.63. The number of rotatable bonds is 6. The topological polar surface area (TPSA) is 113 Å². The van der Waals surface area contributed by atoms with Gasteiger partial charge in [0.1, 0.15) is 0 Å². The molecule has 0 saturated carbocycles. The lowest BCUT2D eigenvalue weighted by Crippen LogP contribution is -2.33. The minimum atomic E-state index is -1.04. The van der Waals surface area contributed by atoms with Crippen molar-refractivity contribution in [2.75, 3.05) is 12.4 Å². The van der Waals surface area contributed by atoms with Crippen molar-refractivity contribution in [1.82, 2.24) is 4.90 Å². The Kier molecular flexibility index (Phi) is 5.65. The van der Waals surface area contributed by atoms with Gasteiger partial charge in [-0.2, -0.15) is 0 Å². The van der Waals surface area contributed by atoms with Gasteiger partial charge < -0.3 is 15.2 Å². The number of esters is 1. The Balaban J connectivity index is 1.66. The first-order chi connectivity index (χ1) is 13.4. The Morgan fingerprint density at radius 3 is 2.25 bits per heavy atom. The Hall–Kier alpha value is -3.33. The molecule has 0 aromatic heterocycles. The summed E-state index contributed by atoms with van der Waals surface area (Å²) in [5, 5.41) is 10.7. The predicted molar refractivity (Wildman–Crippen MR) is 102 cm³/mol. The van der Waals surface area contributed by atoms with Crippen LogP contribution in [0.15, 0.2) is 48.5 Å². The average molecular weight is 400 g/mol. The molecule has 9 heteroatoms. The summed E-state index contributed by atoms with van der Waals surface area (Å²) in [4.78, 5) is 48.3. The van der Waals surface area contributed by atoms with Crippen LogP contribution in [0.1, 0.15) is 26.3 Å². The summed E-state index contributed by atoms with van der Waals surface area (Å²) in [6.45, 7) is 0.0595. The number of nitrogens with one attached hydrogen (secondary N) is 1. The van der Waals surface area contributed by atoms with Gasteiger partial charge in [-0.05, 0) is 53.7 Å². The molecule has 1 fully saturated rings. The number of amides is 2. The second-order valence-electron chi connectivity index (χ2n) is 5.90. The molecule has 28 heavy (non-hydrogen) atoms. The van der Waals surface area contributed by atoms with E-state index in [4.69, 9.17) is 5.11 Å². The van der Waals surface area contributed by atoms with E-state index in [-0.39, 0.29) is 12.1 Å². The molecule has 1 heterocycles. The lowest BCUT2D eigenvalue weighted by Gasteiger charge is -2.15. The molecule has 0 aliphatic carbocycles. The normalized spacial score (nSPS) is 16.2. The average Bonchev–Trinajstić information content (AvgIpc) is 2.95. The number of hydrogen-bond donors (Lipinski definition) is 2. The highest BCUT2D eigenvalue weighted by molar-refractivity contribution is 8.15. The third kappa shape index (κ3) is 4.15. The molecule has 2 aromatic carbocycles. The molecule has 0 radical (unpaired) electrons. The van der Waals surface area contributed by atoms with Crippen LogP contribution in [-0.4, -0.2) is 45.6 Å². The molecule has 0 spiro atoms. The van der Waals surface area contributed by atoms with Crippen molar-refractivity contribution in [3.8, 4) is 0 Å². The van der Waals surface area contributed by atoms with Crippen LogP contribution in [0.4, 0.5) is 10.5 Å². The molecule has 1 unspecified atom stereocenters. The van der Waals surface area contributed by atoms with E-state index in [0.29, 0.717) is 16.8 Å². The second-order valence-corrected chi connectivity index (χ2v) is 6.96. The molecule has 3 rings (SSSR count). The number of aromatic carboxylic acids is 1. The van der Waals surface area contributed by atoms with Crippen LogP contribution in [0.2, 0.25) is 0 Å². The van der Waals surface area contributed by atoms with Gasteiger partial charge in [-0.1, -0.05) is 12.1 Å². The molecule has 1 saturated heterocycles. The third-order valence-electron chi connectivity index (χ3n) is 4.07. The van der Waals surface area contributed by atoms with Crippen LogP contribution >= 0.6 is 11.8 Å². The van der Waals surface area contributed by atoms with E-state index in [2.05, 4.69) is 10.1 Å². The number of anilines is 1. The fourth-order valence-electron chi connectivity index (χ4n) is 2.59. The van der Waals surface area contributed by atoms with E-state index in [1.807, 2.05) is 0 Å². The van der Waals surface area contributed by atoms with Crippen LogP contribution < -0.4 is 5.32 Å². The van der Waals surface area contributed by atoms with Crippen molar-refractivity contribution in [2.45, 2.75) is 11.9 Å². The summed E-state index contributed by atoms with van der Waals surface area (Å²) in [7, 11) is 1.29. The Morgan fingerprint density at radius 2 is 1.68 bits per heavy atom. The molecule has 2 N–H and O–H groups in total. The number of methoxy groups -OCH3 is 1. The number of nitrogens with zero attached hydrogens (tertiary/aromatic N) is 1. The molecule has 1 aliphatic heterocycles. The van der Waals surface area contributed by atoms with Crippen LogP contribution in [0.3, 0.4) is 0 Å². The van der Waals surface area contributed by atoms with E-state index in [1.54, 1.807) is 36.4 Å². The molecule has 1 aliphatic rings. The Morgan fingerprint density at radius 1 is 1.07 bits per heavy atom. The van der Waals surface area contributed by atoms with Gasteiger partial charge in [-0.25, -0.2) is 9.59 Å². The van der Waals surface area contributed by atoms with Crippen molar-refractivity contribution in [1.29, 1.82) is 0 Å². The van der Waals surface area contributed by atoms with Gasteiger partial charge in [0, 0.05) is 5.69 Å². The molecular weight excluding hydrogens is 384 g/mol. The molecule has 2 aromatic rings. The lowest BCUT2D eigenvalue weighted by atomic mass is 10.1. The monoisotopic (exact) mass is 400 g/mol. The van der Waals surface area contributed by atoms with Gasteiger partial charge in [0.15, 0.2) is 5.37 Å². The van der Waals surface area contributed by atoms with Crippen LogP contribution in [0.5, 0.6) is 0 Å². The Labute approximate surface area is 164 Å². The van der Waals surface area contributed by atoms with E-state index in [0.717, 1.165) is 16.7 Å². The summed E-state index contributed by atoms with van der Waals surface area (Å²) in [5.41, 5.74) is 1.74. The zero-order valence-corrected chi connectivity index (χ0v) is 15.6. The fraction of sp³-hybridized carbons (Fsp3) is 0.158. The number of ether oxygens (including phenoxy) is 1. The van der Waals surface area contributed by atoms with Gasteiger partial charge >= 0.3 is 11.9 Å². The highest BCUT2D eigenvalue weighted by Gasteiger charge is 2.39. The van der Waals surface area contributed by atoms with Gasteiger partial charge in [0.05, 0.1) is 24.8 Å². The maximum atomic E-state index is 12.6. The number of benzene rings is 2. The van der Waals surface area contributed by atoms with Crippen LogP contribution in [-0.2, 0) is 16.1 Å². The van der Waals surface area contributed by atoms with E-state index in [1.165, 1.54) is 19.2 Å². The zero-order valence-electron chi connectivity index (χ0n) is 14.7. The summed E-state index contributed by atoms with van der Waals surface area (Å²) in [6, 6.07) is 12.4. The highest BCUT2D eigenvalue weighted by Crippen LogP contribution is 2.29. The molecule has 2 amide bonds. The van der Waals surface area contributed by atoms with E-state index in [9.17, 15) is 19.2 Å². The summed E-state index contributed by atoms with van der Waals surface area (Å²) in [5.74, 6) is -1.90. The number of hydrogen-bond acceptors (Lipinski definition) is 7. The standard InChI is InChI=1S/C19H16N2O6S/c1-27-18(25)13-6-8-14(9-7-13)20-15-16(22)21(19(26)28-15)10-11-2-4-12(5-3-11)17(23)24/h2-9,15,20H,10H2,1H3,(H,23,24). The van der Waals surface area contributed by atoms with Crippen molar-refractivity contribution >= 4 is 40.5 Å². The quantitative estimate of drug-likeness (QED) is 0.712. The number of carboxylic acids is 1. The number of carboxylic acid groups (broad SMARTS) is 1. The maximum absolute atomic E-state index is 12.6. The first-order valence-electron chi connectivity index (χ1n) is 8.18. The smallest absolute Gasteiger partial charge is 0.337 e. The highest BCUT2D eigenvalue weighted by atomic mass is 32.2. The molecule has 8 nitrogen and oxygen atoms in total. The third-order valence-corrected chi connectivity index (χ3v) is 5.05. The predicted octanol–water partition coefficient (Wildman–Crippen LogP) is 2.81. The van der Waals surface area contributed by atoms with Crippen molar-refractivity contribution in [2.24, 2.45) is 0 Å². The molecule has 1 atom stereocenters. The van der Waals surface area contributed by atoms with Crippen molar-refractivity contribution < 1.29 is 29.0 Å². The van der Waals surface area contributed by atoms with Crippen molar-refractivity contribution in [3.63, 3.8) is 0 Å². The summed E-state index contributed by atoms with van der Waals surface area (Å²) >= 11 is 0.860. The Bertz CT molecular complexity index is 926. The van der Waals surface area contributed by atoms with E-state index < -0.39 is 28.5 Å². The number of carbonyl (C=O) groups excluding carboxylic acids is 3. The first kappa shape index (κ1) is 19.4. The minimum Gasteiger partial charge on any atom is -0.478 e. The SMILES string of the molecule is COC(=O)c1ccc(NC2SC(=O)N(Cc3ccc(C(=O)O)cc3)C2=O)cc1. The zero-order chi connectivity index (χ0) is 20.3. The number of carbonyl (C=O) groups is 4. The maximum Gasteiger partial charge on any atom is 0.337 e. The second kappa shape index (κ2) is 8.13. The summed E-state index contributed by atoms with van der Waals surface area (Å²) in [6.07, 6.45) is 0. The van der Waals surface area contributed by atoms with E-state index >= 15 is 0 Å². The largest absolute Gasteiger partial charge is 0.478 e.